The summed E-state index contributed by atoms with van der Waals surface area (Å²) in [6, 6.07) is 14.7. The first-order valence-corrected chi connectivity index (χ1v) is 9.52. The number of hydrogen-bond donors (Lipinski definition) is 0. The second-order valence-corrected chi connectivity index (χ2v) is 6.95. The summed E-state index contributed by atoms with van der Waals surface area (Å²) in [6.07, 6.45) is 1.49. The van der Waals surface area contributed by atoms with Gasteiger partial charge in [0, 0.05) is 17.8 Å². The second kappa shape index (κ2) is 7.60. The summed E-state index contributed by atoms with van der Waals surface area (Å²) in [7, 11) is 1.83. The summed E-state index contributed by atoms with van der Waals surface area (Å²) in [4.78, 5) is 33.6. The number of anilines is 4. The van der Waals surface area contributed by atoms with Gasteiger partial charge < -0.3 is 14.2 Å². The van der Waals surface area contributed by atoms with Gasteiger partial charge >= 0.3 is 5.97 Å². The molecule has 0 atom stereocenters. The van der Waals surface area contributed by atoms with E-state index in [1.54, 1.807) is 24.0 Å². The Morgan fingerprint density at radius 2 is 1.90 bits per heavy atom. The van der Waals surface area contributed by atoms with Gasteiger partial charge in [0.1, 0.15) is 6.54 Å². The average molecular weight is 411 g/mol. The van der Waals surface area contributed by atoms with E-state index in [-0.39, 0.29) is 19.1 Å². The minimum atomic E-state index is -0.431. The van der Waals surface area contributed by atoms with E-state index in [4.69, 9.17) is 16.3 Å². The molecule has 0 fully saturated rings. The van der Waals surface area contributed by atoms with Crippen molar-refractivity contribution in [2.45, 2.75) is 13.5 Å². The van der Waals surface area contributed by atoms with Crippen molar-refractivity contribution < 1.29 is 14.3 Å². The predicted octanol–water partition coefficient (Wildman–Crippen LogP) is 4.16. The van der Waals surface area contributed by atoms with Gasteiger partial charge in [0.2, 0.25) is 0 Å². The van der Waals surface area contributed by atoms with Gasteiger partial charge in [-0.05, 0) is 37.3 Å². The van der Waals surface area contributed by atoms with Crippen LogP contribution in [0.5, 0.6) is 0 Å². The minimum Gasteiger partial charge on any atom is -0.465 e. The lowest BCUT2D eigenvalue weighted by molar-refractivity contribution is -0.143. The van der Waals surface area contributed by atoms with Crippen molar-refractivity contribution in [3.05, 3.63) is 65.6 Å². The molecule has 2 aromatic carbocycles. The number of halogens is 1. The first-order valence-electron chi connectivity index (χ1n) is 9.14. The fourth-order valence-corrected chi connectivity index (χ4v) is 3.59. The Bertz CT molecular complexity index is 1080. The molecule has 1 aliphatic rings. The molecule has 0 saturated heterocycles. The number of carbonyl (C=O) groups excluding carboxylic acids is 2. The van der Waals surface area contributed by atoms with Crippen molar-refractivity contribution in [3.8, 4) is 0 Å². The molecule has 4 rings (SSSR count). The lowest BCUT2D eigenvalue weighted by Crippen LogP contribution is -2.28. The van der Waals surface area contributed by atoms with Gasteiger partial charge in [0.15, 0.2) is 11.5 Å². The van der Waals surface area contributed by atoms with Crippen LogP contribution in [-0.2, 0) is 16.1 Å². The van der Waals surface area contributed by atoms with Crippen molar-refractivity contribution in [2.75, 3.05) is 23.5 Å². The van der Waals surface area contributed by atoms with E-state index >= 15 is 0 Å². The highest BCUT2D eigenvalue weighted by atomic mass is 35.5. The molecule has 0 spiro atoms. The molecule has 3 aromatic rings. The lowest BCUT2D eigenvalue weighted by atomic mass is 10.2. The average Bonchev–Trinajstić information content (AvgIpc) is 3.08. The molecule has 1 aliphatic heterocycles. The Balaban J connectivity index is 1.91. The zero-order valence-corrected chi connectivity index (χ0v) is 16.8. The quantitative estimate of drug-likeness (QED) is 0.604. The zero-order chi connectivity index (χ0) is 20.5. The van der Waals surface area contributed by atoms with Crippen LogP contribution in [0.15, 0.2) is 54.9 Å². The van der Waals surface area contributed by atoms with E-state index < -0.39 is 5.97 Å². The predicted molar refractivity (Wildman–Crippen MR) is 111 cm³/mol. The highest BCUT2D eigenvalue weighted by molar-refractivity contribution is 6.31. The molecule has 0 N–H and O–H groups in total. The van der Waals surface area contributed by atoms with Crippen molar-refractivity contribution in [3.63, 3.8) is 0 Å². The maximum absolute atomic E-state index is 13.7. The van der Waals surface area contributed by atoms with Gasteiger partial charge in [0.05, 0.1) is 24.3 Å². The molecule has 0 bridgehead atoms. The summed E-state index contributed by atoms with van der Waals surface area (Å²) < 4.78 is 6.57. The van der Waals surface area contributed by atoms with Gasteiger partial charge in [-0.2, -0.15) is 0 Å². The summed E-state index contributed by atoms with van der Waals surface area (Å²) >= 11 is 6.26. The Morgan fingerprint density at radius 1 is 1.14 bits per heavy atom. The molecule has 0 aliphatic carbocycles. The van der Waals surface area contributed by atoms with E-state index in [1.165, 1.54) is 10.9 Å². The SMILES string of the molecule is CCOC(=O)Cn1cnc2c1C(=O)N(c1ccccc1)c1cc(Cl)ccc1N2C. The zero-order valence-electron chi connectivity index (χ0n) is 16.0. The van der Waals surface area contributed by atoms with Gasteiger partial charge in [-0.3, -0.25) is 14.5 Å². The van der Waals surface area contributed by atoms with E-state index in [2.05, 4.69) is 4.98 Å². The van der Waals surface area contributed by atoms with Gasteiger partial charge in [-0.15, -0.1) is 0 Å². The molecule has 0 radical (unpaired) electrons. The molecule has 2 heterocycles. The number of imidazole rings is 1. The highest BCUT2D eigenvalue weighted by Crippen LogP contribution is 2.43. The molecular formula is C21H19ClN4O3. The third-order valence-electron chi connectivity index (χ3n) is 4.70. The number of hydrogen-bond acceptors (Lipinski definition) is 5. The molecule has 0 unspecified atom stereocenters. The molecule has 8 heteroatoms. The van der Waals surface area contributed by atoms with E-state index in [9.17, 15) is 9.59 Å². The molecule has 1 amide bonds. The van der Waals surface area contributed by atoms with Crippen LogP contribution in [0.4, 0.5) is 22.9 Å². The number of aromatic nitrogens is 2. The van der Waals surface area contributed by atoms with E-state index in [0.29, 0.717) is 27.9 Å². The van der Waals surface area contributed by atoms with Crippen molar-refractivity contribution in [2.24, 2.45) is 0 Å². The summed E-state index contributed by atoms with van der Waals surface area (Å²) in [6.45, 7) is 1.90. The molecule has 7 nitrogen and oxygen atoms in total. The number of esters is 1. The van der Waals surface area contributed by atoms with Crippen LogP contribution in [0.2, 0.25) is 5.02 Å². The van der Waals surface area contributed by atoms with E-state index in [1.807, 2.05) is 48.3 Å². The van der Waals surface area contributed by atoms with Crippen LogP contribution in [-0.4, -0.2) is 35.1 Å². The fourth-order valence-electron chi connectivity index (χ4n) is 3.42. The van der Waals surface area contributed by atoms with Crippen LogP contribution >= 0.6 is 11.6 Å². The molecular weight excluding hydrogens is 392 g/mol. The maximum atomic E-state index is 13.7. The Kier molecular flexibility index (Phi) is 4.98. The Labute approximate surface area is 173 Å². The third kappa shape index (κ3) is 3.34. The number of para-hydroxylation sites is 1. The maximum Gasteiger partial charge on any atom is 0.326 e. The second-order valence-electron chi connectivity index (χ2n) is 6.52. The molecule has 148 valence electrons. The van der Waals surface area contributed by atoms with Crippen LogP contribution < -0.4 is 9.80 Å². The standard InChI is InChI=1S/C21H19ClN4O3/c1-3-29-18(27)12-25-13-23-20-19(25)21(28)26(15-7-5-4-6-8-15)17-11-14(22)9-10-16(17)24(20)2/h4-11,13H,3,12H2,1-2H3. The normalized spacial score (nSPS) is 13.0. The lowest BCUT2D eigenvalue weighted by Gasteiger charge is -2.25. The largest absolute Gasteiger partial charge is 0.465 e. The summed E-state index contributed by atoms with van der Waals surface area (Å²) in [5, 5.41) is 0.514. The third-order valence-corrected chi connectivity index (χ3v) is 4.94. The number of rotatable bonds is 4. The summed E-state index contributed by atoms with van der Waals surface area (Å²) in [5.41, 5.74) is 2.39. The Morgan fingerprint density at radius 3 is 2.62 bits per heavy atom. The topological polar surface area (TPSA) is 67.7 Å². The van der Waals surface area contributed by atoms with Gasteiger partial charge in [-0.1, -0.05) is 29.8 Å². The van der Waals surface area contributed by atoms with Crippen LogP contribution in [0, 0.1) is 0 Å². The number of amides is 1. The van der Waals surface area contributed by atoms with Crippen molar-refractivity contribution >= 4 is 46.4 Å². The molecule has 1 aromatic heterocycles. The number of benzene rings is 2. The number of ether oxygens (including phenoxy) is 1. The molecule has 0 saturated carbocycles. The smallest absolute Gasteiger partial charge is 0.326 e. The monoisotopic (exact) mass is 410 g/mol. The minimum absolute atomic E-state index is 0.102. The van der Waals surface area contributed by atoms with E-state index in [0.717, 1.165) is 5.69 Å². The highest BCUT2D eigenvalue weighted by Gasteiger charge is 2.35. The van der Waals surface area contributed by atoms with Crippen LogP contribution in [0.3, 0.4) is 0 Å². The first-order chi connectivity index (χ1) is 14.0. The van der Waals surface area contributed by atoms with Gasteiger partial charge in [0.25, 0.3) is 5.91 Å². The van der Waals surface area contributed by atoms with Crippen molar-refractivity contribution in [1.29, 1.82) is 0 Å². The molecule has 29 heavy (non-hydrogen) atoms. The van der Waals surface area contributed by atoms with Gasteiger partial charge in [-0.25, -0.2) is 4.98 Å². The fraction of sp³-hybridized carbons (Fsp3) is 0.190. The Hall–Kier alpha value is -3.32. The first kappa shape index (κ1) is 19.0. The van der Waals surface area contributed by atoms with Crippen LogP contribution in [0.25, 0.3) is 0 Å². The number of fused-ring (bicyclic) bond motifs is 2. The summed E-state index contributed by atoms with van der Waals surface area (Å²) in [5.74, 6) is -0.276. The number of carbonyl (C=O) groups is 2. The van der Waals surface area contributed by atoms with Crippen molar-refractivity contribution in [1.82, 2.24) is 9.55 Å². The number of nitrogens with zero attached hydrogens (tertiary/aromatic N) is 4. The van der Waals surface area contributed by atoms with Crippen LogP contribution in [0.1, 0.15) is 17.4 Å².